The molecule has 2 aliphatic heterocycles. The molecule has 3 aliphatic rings. The fraction of sp³-hybridized carbons (Fsp3) is 0.958. The van der Waals surface area contributed by atoms with Crippen molar-refractivity contribution in [1.29, 1.82) is 0 Å². The second kappa shape index (κ2) is 53.7. The molecule has 18 atom stereocenters. The zero-order valence-electron chi connectivity index (χ0n) is 58.9. The lowest BCUT2D eigenvalue weighted by Gasteiger charge is -2.49. The van der Waals surface area contributed by atoms with E-state index in [4.69, 9.17) is 42.2 Å². The Hall–Kier alpha value is -2.04. The fourth-order valence-corrected chi connectivity index (χ4v) is 13.7. The summed E-state index contributed by atoms with van der Waals surface area (Å²) in [6.45, 7) is 3.46. The number of carbonyl (C=O) groups excluding carboxylic acids is 3. The van der Waals surface area contributed by atoms with E-state index in [2.05, 4.69) is 20.8 Å². The second-order valence-corrected chi connectivity index (χ2v) is 28.8. The van der Waals surface area contributed by atoms with Crippen LogP contribution in [0.25, 0.3) is 0 Å². The molecule has 3 rings (SSSR count). The summed E-state index contributed by atoms with van der Waals surface area (Å²) >= 11 is 0. The molecule has 0 bridgehead atoms. The molecule has 0 radical (unpaired) electrons. The third kappa shape index (κ3) is 36.7. The minimum absolute atomic E-state index is 0.0330. The molecule has 24 nitrogen and oxygen atoms in total. The van der Waals surface area contributed by atoms with E-state index >= 15 is 0 Å². The molecule has 566 valence electrons. The summed E-state index contributed by atoms with van der Waals surface area (Å²) in [6, 6.07) is 0. The molecule has 0 aromatic rings. The SMILES string of the molecule is CCCCCCCCCCCCCCCCCCC(=O)OC(COC(=O)CCCCCCCCCCCCC)COP(=O)(O)OC1C(OC2OC(CO)C(O)C(O)C2O)C(O)C(O)C(O)C1OC1OC(COC(=O)CCCCCCCCCCCCCCCC)C(O)C(O)C1O. The average molecular weight is 1400 g/mol. The number of hydrogen-bond acceptors (Lipinski definition) is 23. The van der Waals surface area contributed by atoms with Gasteiger partial charge >= 0.3 is 25.7 Å². The van der Waals surface area contributed by atoms with Gasteiger partial charge in [-0.1, -0.05) is 265 Å². The highest BCUT2D eigenvalue weighted by molar-refractivity contribution is 7.47. The maximum Gasteiger partial charge on any atom is 0.472 e. The number of aliphatic hydroxyl groups excluding tert-OH is 10. The molecule has 0 aromatic heterocycles. The van der Waals surface area contributed by atoms with Crippen LogP contribution in [0.1, 0.15) is 303 Å². The van der Waals surface area contributed by atoms with Gasteiger partial charge in [0.05, 0.1) is 13.2 Å². The van der Waals surface area contributed by atoms with Crippen molar-refractivity contribution in [2.24, 2.45) is 0 Å². The lowest BCUT2D eigenvalue weighted by Crippen LogP contribution is -2.69. The molecule has 96 heavy (non-hydrogen) atoms. The van der Waals surface area contributed by atoms with Gasteiger partial charge in [-0.3, -0.25) is 23.4 Å². The van der Waals surface area contributed by atoms with E-state index in [0.717, 1.165) is 96.3 Å². The Morgan fingerprint density at radius 3 is 1.02 bits per heavy atom. The summed E-state index contributed by atoms with van der Waals surface area (Å²) < 4.78 is 65.0. The maximum absolute atomic E-state index is 14.3. The van der Waals surface area contributed by atoms with Crippen molar-refractivity contribution in [2.75, 3.05) is 26.4 Å². The van der Waals surface area contributed by atoms with E-state index in [1.54, 1.807) is 0 Å². The smallest absolute Gasteiger partial charge is 0.463 e. The van der Waals surface area contributed by atoms with E-state index in [9.17, 15) is 74.9 Å². The zero-order valence-corrected chi connectivity index (χ0v) is 59.8. The Morgan fingerprint density at radius 2 is 0.667 bits per heavy atom. The lowest BCUT2D eigenvalue weighted by molar-refractivity contribution is -0.360. The summed E-state index contributed by atoms with van der Waals surface area (Å²) in [6.07, 6.45) is 10.3. The first-order valence-electron chi connectivity index (χ1n) is 37.8. The second-order valence-electron chi connectivity index (χ2n) is 27.4. The summed E-state index contributed by atoms with van der Waals surface area (Å²) in [5.41, 5.74) is 0. The van der Waals surface area contributed by atoms with E-state index < -0.39 is 156 Å². The van der Waals surface area contributed by atoms with Crippen LogP contribution in [-0.2, 0) is 61.2 Å². The molecular formula is C71H133O24P. The molecule has 18 unspecified atom stereocenters. The van der Waals surface area contributed by atoms with Crippen LogP contribution < -0.4 is 0 Å². The highest BCUT2D eigenvalue weighted by atomic mass is 31.2. The Balaban J connectivity index is 1.73. The normalized spacial score (nSPS) is 27.9. The van der Waals surface area contributed by atoms with Gasteiger partial charge < -0.3 is 89.1 Å². The van der Waals surface area contributed by atoms with Gasteiger partial charge in [0.15, 0.2) is 18.7 Å². The van der Waals surface area contributed by atoms with E-state index in [1.165, 1.54) is 148 Å². The zero-order chi connectivity index (χ0) is 70.4. The minimum atomic E-state index is -5.69. The van der Waals surface area contributed by atoms with Crippen LogP contribution in [0.2, 0.25) is 0 Å². The molecule has 1 saturated carbocycles. The van der Waals surface area contributed by atoms with Crippen molar-refractivity contribution in [2.45, 2.75) is 407 Å². The molecule has 2 saturated heterocycles. The van der Waals surface area contributed by atoms with E-state index in [0.29, 0.717) is 19.3 Å². The molecule has 2 heterocycles. The van der Waals surface area contributed by atoms with Gasteiger partial charge in [-0.05, 0) is 19.3 Å². The van der Waals surface area contributed by atoms with Crippen molar-refractivity contribution < 1.29 is 117 Å². The monoisotopic (exact) mass is 1400 g/mol. The molecule has 0 spiro atoms. The largest absolute Gasteiger partial charge is 0.472 e. The Morgan fingerprint density at radius 1 is 0.365 bits per heavy atom. The summed E-state index contributed by atoms with van der Waals surface area (Å²) in [7, 11) is -5.69. The Labute approximate surface area is 574 Å². The minimum Gasteiger partial charge on any atom is -0.463 e. The van der Waals surface area contributed by atoms with Gasteiger partial charge in [-0.15, -0.1) is 0 Å². The molecule has 0 amide bonds. The molecule has 0 aromatic carbocycles. The van der Waals surface area contributed by atoms with Gasteiger partial charge in [-0.2, -0.15) is 0 Å². The molecule has 25 heteroatoms. The summed E-state index contributed by atoms with van der Waals surface area (Å²) in [4.78, 5) is 50.9. The molecule has 11 N–H and O–H groups in total. The van der Waals surface area contributed by atoms with Crippen LogP contribution in [0, 0.1) is 0 Å². The van der Waals surface area contributed by atoms with Crippen molar-refractivity contribution in [3.63, 3.8) is 0 Å². The number of ether oxygens (including phenoxy) is 7. The predicted molar refractivity (Wildman–Crippen MR) is 361 cm³/mol. The third-order valence-corrected chi connectivity index (χ3v) is 19.9. The Bertz CT molecular complexity index is 1990. The van der Waals surface area contributed by atoms with Crippen LogP contribution >= 0.6 is 7.82 Å². The van der Waals surface area contributed by atoms with Gasteiger partial charge in [-0.25, -0.2) is 4.57 Å². The van der Waals surface area contributed by atoms with Crippen molar-refractivity contribution >= 4 is 25.7 Å². The number of phosphoric acid groups is 1. The van der Waals surface area contributed by atoms with Crippen molar-refractivity contribution in [1.82, 2.24) is 0 Å². The maximum atomic E-state index is 14.3. The molecular weight excluding hydrogens is 1270 g/mol. The van der Waals surface area contributed by atoms with Crippen LogP contribution in [-0.4, -0.2) is 204 Å². The first-order chi connectivity index (χ1) is 46.3. The summed E-state index contributed by atoms with van der Waals surface area (Å²) in [5, 5.41) is 110. The quantitative estimate of drug-likeness (QED) is 0.0117. The highest BCUT2D eigenvalue weighted by Crippen LogP contribution is 2.49. The first kappa shape index (κ1) is 88.2. The van der Waals surface area contributed by atoms with Gasteiger partial charge in [0, 0.05) is 19.3 Å². The fourth-order valence-electron chi connectivity index (χ4n) is 12.7. The molecule has 3 fully saturated rings. The summed E-state index contributed by atoms with van der Waals surface area (Å²) in [5.74, 6) is -1.97. The number of carbonyl (C=O) groups is 3. The third-order valence-electron chi connectivity index (χ3n) is 18.9. The van der Waals surface area contributed by atoms with Crippen LogP contribution in [0.3, 0.4) is 0 Å². The average Bonchev–Trinajstić information content (AvgIpc) is 0.766. The number of unbranched alkanes of at least 4 members (excludes halogenated alkanes) is 38. The number of hydrogen-bond donors (Lipinski definition) is 11. The van der Waals surface area contributed by atoms with Crippen molar-refractivity contribution in [3.8, 4) is 0 Å². The first-order valence-corrected chi connectivity index (χ1v) is 39.3. The standard InChI is InChI=1S/C71H133O24P/c1-4-7-10-13-16-19-22-24-26-27-29-32-35-38-41-44-47-57(75)90-52(49-87-55(73)45-42-39-36-33-30-21-18-15-12-9-6-3)50-89-96(85,86)95-69-67(93-70-65(83)60(78)58(76)53(48-72)91-70)63(81)62(80)64(82)68(69)94-71-66(84)61(79)59(77)54(92-71)51-88-56(74)46-43-40-37-34-31-28-25-23-20-17-14-11-8-5-2/h52-54,58-72,76-84H,4-51H2,1-3H3,(H,85,86). The van der Waals surface area contributed by atoms with Gasteiger partial charge in [0.25, 0.3) is 0 Å². The van der Waals surface area contributed by atoms with Crippen LogP contribution in [0.4, 0.5) is 0 Å². The van der Waals surface area contributed by atoms with Gasteiger partial charge in [0.1, 0.15) is 98.7 Å². The number of esters is 3. The van der Waals surface area contributed by atoms with E-state index in [-0.39, 0.29) is 19.3 Å². The number of phosphoric ester groups is 1. The van der Waals surface area contributed by atoms with Crippen molar-refractivity contribution in [3.05, 3.63) is 0 Å². The highest BCUT2D eigenvalue weighted by Gasteiger charge is 2.58. The lowest BCUT2D eigenvalue weighted by atomic mass is 9.84. The predicted octanol–water partition coefficient (Wildman–Crippen LogP) is 10.2. The van der Waals surface area contributed by atoms with E-state index in [1.807, 2.05) is 0 Å². The topological polar surface area (TPSA) is 374 Å². The molecule has 1 aliphatic carbocycles. The van der Waals surface area contributed by atoms with Crippen LogP contribution in [0.15, 0.2) is 0 Å². The number of rotatable bonds is 59. The Kier molecular flexibility index (Phi) is 49.4. The number of aliphatic hydroxyl groups is 10. The van der Waals surface area contributed by atoms with Gasteiger partial charge in [0.2, 0.25) is 0 Å². The van der Waals surface area contributed by atoms with Crippen LogP contribution in [0.5, 0.6) is 0 Å².